The van der Waals surface area contributed by atoms with Gasteiger partial charge in [0.1, 0.15) is 0 Å². The predicted octanol–water partition coefficient (Wildman–Crippen LogP) is 0.693. The van der Waals surface area contributed by atoms with E-state index in [2.05, 4.69) is 16.0 Å². The van der Waals surface area contributed by atoms with E-state index in [-0.39, 0.29) is 18.4 Å². The number of halogens is 2. The van der Waals surface area contributed by atoms with Gasteiger partial charge in [0.15, 0.2) is 0 Å². The molecule has 96 valence electrons. The Hall–Kier alpha value is -0.750. The number of rotatable bonds is 9. The van der Waals surface area contributed by atoms with Gasteiger partial charge in [0.25, 0.3) is 6.43 Å². The Kier molecular flexibility index (Phi) is 9.03. The Balaban J connectivity index is 3.43. The van der Waals surface area contributed by atoms with Gasteiger partial charge in [-0.2, -0.15) is 0 Å². The standard InChI is InChI=1S/C10H21F2N3O/c1-3-13-7-15-8(2)4-5-10(16)14-6-9(11)12/h8-9,13,15H,3-7H2,1-2H3,(H,14,16). The molecule has 0 spiro atoms. The van der Waals surface area contributed by atoms with E-state index in [1.165, 1.54) is 0 Å². The Labute approximate surface area is 95.2 Å². The van der Waals surface area contributed by atoms with Crippen LogP contribution in [0.25, 0.3) is 0 Å². The molecule has 0 fully saturated rings. The molecule has 1 atom stereocenters. The second kappa shape index (κ2) is 9.47. The van der Waals surface area contributed by atoms with Crippen LogP contribution in [0.3, 0.4) is 0 Å². The topological polar surface area (TPSA) is 53.2 Å². The predicted molar refractivity (Wildman–Crippen MR) is 59.4 cm³/mol. The molecule has 0 rings (SSSR count). The fourth-order valence-corrected chi connectivity index (χ4v) is 1.10. The third-order valence-corrected chi connectivity index (χ3v) is 2.08. The Bertz CT molecular complexity index is 191. The molecule has 0 aliphatic rings. The van der Waals surface area contributed by atoms with Crippen LogP contribution in [0.5, 0.6) is 0 Å². The summed E-state index contributed by atoms with van der Waals surface area (Å²) in [5, 5.41) is 8.43. The summed E-state index contributed by atoms with van der Waals surface area (Å²) in [6.07, 6.45) is -1.57. The van der Waals surface area contributed by atoms with Crippen molar-refractivity contribution in [2.45, 2.75) is 39.2 Å². The highest BCUT2D eigenvalue weighted by Gasteiger charge is 2.08. The van der Waals surface area contributed by atoms with E-state index in [1.807, 2.05) is 13.8 Å². The molecule has 16 heavy (non-hydrogen) atoms. The molecule has 1 unspecified atom stereocenters. The van der Waals surface area contributed by atoms with Gasteiger partial charge in [-0.15, -0.1) is 0 Å². The minimum absolute atomic E-state index is 0.191. The Morgan fingerprint density at radius 2 is 2.06 bits per heavy atom. The molecule has 3 N–H and O–H groups in total. The van der Waals surface area contributed by atoms with E-state index in [4.69, 9.17) is 0 Å². The largest absolute Gasteiger partial charge is 0.350 e. The van der Waals surface area contributed by atoms with Crippen molar-refractivity contribution >= 4 is 5.91 Å². The molecule has 1 amide bonds. The van der Waals surface area contributed by atoms with Crippen molar-refractivity contribution in [2.24, 2.45) is 0 Å². The van der Waals surface area contributed by atoms with Crippen molar-refractivity contribution in [1.82, 2.24) is 16.0 Å². The first-order chi connectivity index (χ1) is 7.56. The van der Waals surface area contributed by atoms with Crippen LogP contribution in [0.1, 0.15) is 26.7 Å². The summed E-state index contributed by atoms with van der Waals surface area (Å²) in [6, 6.07) is 0.191. The highest BCUT2D eigenvalue weighted by Crippen LogP contribution is 1.96. The maximum atomic E-state index is 11.8. The quantitative estimate of drug-likeness (QED) is 0.408. The van der Waals surface area contributed by atoms with E-state index in [0.29, 0.717) is 13.1 Å². The maximum Gasteiger partial charge on any atom is 0.255 e. The fourth-order valence-electron chi connectivity index (χ4n) is 1.10. The average molecular weight is 237 g/mol. The van der Waals surface area contributed by atoms with Gasteiger partial charge in [0.2, 0.25) is 5.91 Å². The first kappa shape index (κ1) is 15.2. The van der Waals surface area contributed by atoms with Gasteiger partial charge < -0.3 is 16.0 Å². The van der Waals surface area contributed by atoms with E-state index in [0.717, 1.165) is 6.54 Å². The van der Waals surface area contributed by atoms with Crippen LogP contribution >= 0.6 is 0 Å². The van der Waals surface area contributed by atoms with Gasteiger partial charge in [0.05, 0.1) is 6.54 Å². The number of carbonyl (C=O) groups excluding carboxylic acids is 1. The van der Waals surface area contributed by atoms with Crippen LogP contribution in [0, 0.1) is 0 Å². The molecule has 0 aromatic heterocycles. The number of amides is 1. The van der Waals surface area contributed by atoms with E-state index < -0.39 is 13.0 Å². The molecule has 0 radical (unpaired) electrons. The van der Waals surface area contributed by atoms with Gasteiger partial charge in [-0.25, -0.2) is 8.78 Å². The number of alkyl halides is 2. The van der Waals surface area contributed by atoms with Crippen molar-refractivity contribution in [1.29, 1.82) is 0 Å². The summed E-state index contributed by atoms with van der Waals surface area (Å²) < 4.78 is 23.5. The zero-order valence-corrected chi connectivity index (χ0v) is 9.85. The lowest BCUT2D eigenvalue weighted by atomic mass is 10.2. The SMILES string of the molecule is CCNCNC(C)CCC(=O)NCC(F)F. The molecule has 0 aliphatic carbocycles. The molecule has 0 aromatic rings. The fraction of sp³-hybridized carbons (Fsp3) is 0.900. The lowest BCUT2D eigenvalue weighted by molar-refractivity contribution is -0.121. The first-order valence-electron chi connectivity index (χ1n) is 5.55. The minimum atomic E-state index is -2.48. The van der Waals surface area contributed by atoms with Crippen molar-refractivity contribution in [2.75, 3.05) is 19.8 Å². The smallest absolute Gasteiger partial charge is 0.255 e. The van der Waals surface area contributed by atoms with Crippen LogP contribution in [0.15, 0.2) is 0 Å². The lowest BCUT2D eigenvalue weighted by Gasteiger charge is -2.13. The Morgan fingerprint density at radius 3 is 2.62 bits per heavy atom. The van der Waals surface area contributed by atoms with Crippen LogP contribution in [-0.2, 0) is 4.79 Å². The molecule has 0 saturated carbocycles. The number of carbonyl (C=O) groups is 1. The summed E-state index contributed by atoms with van der Waals surface area (Å²) in [5.41, 5.74) is 0. The van der Waals surface area contributed by atoms with Gasteiger partial charge in [0, 0.05) is 19.1 Å². The average Bonchev–Trinajstić information content (AvgIpc) is 2.24. The maximum absolute atomic E-state index is 11.8. The van der Waals surface area contributed by atoms with Crippen LogP contribution < -0.4 is 16.0 Å². The molecular formula is C10H21F2N3O. The molecule has 0 heterocycles. The second-order valence-corrected chi connectivity index (χ2v) is 3.62. The summed E-state index contributed by atoms with van der Waals surface area (Å²) in [4.78, 5) is 11.1. The summed E-state index contributed by atoms with van der Waals surface area (Å²) in [5.74, 6) is -0.322. The summed E-state index contributed by atoms with van der Waals surface area (Å²) in [7, 11) is 0. The van der Waals surface area contributed by atoms with Crippen molar-refractivity contribution in [3.8, 4) is 0 Å². The number of nitrogens with one attached hydrogen (secondary N) is 3. The number of hydrogen-bond acceptors (Lipinski definition) is 3. The highest BCUT2D eigenvalue weighted by molar-refractivity contribution is 5.75. The minimum Gasteiger partial charge on any atom is -0.350 e. The van der Waals surface area contributed by atoms with Gasteiger partial charge in [-0.1, -0.05) is 6.92 Å². The first-order valence-corrected chi connectivity index (χ1v) is 5.55. The third-order valence-electron chi connectivity index (χ3n) is 2.08. The molecule has 0 aliphatic heterocycles. The molecule has 6 heteroatoms. The third kappa shape index (κ3) is 9.79. The van der Waals surface area contributed by atoms with Crippen LogP contribution in [0.4, 0.5) is 8.78 Å². The Morgan fingerprint density at radius 1 is 1.38 bits per heavy atom. The molecule has 4 nitrogen and oxygen atoms in total. The highest BCUT2D eigenvalue weighted by atomic mass is 19.3. The van der Waals surface area contributed by atoms with Crippen molar-refractivity contribution in [3.05, 3.63) is 0 Å². The molecule has 0 aromatic carbocycles. The molecule has 0 saturated heterocycles. The van der Waals surface area contributed by atoms with Crippen molar-refractivity contribution in [3.63, 3.8) is 0 Å². The molecule has 0 bridgehead atoms. The van der Waals surface area contributed by atoms with Gasteiger partial charge in [-0.05, 0) is 19.9 Å². The normalized spacial score (nSPS) is 12.8. The second-order valence-electron chi connectivity index (χ2n) is 3.62. The van der Waals surface area contributed by atoms with Crippen molar-refractivity contribution < 1.29 is 13.6 Å². The van der Waals surface area contributed by atoms with E-state index in [1.54, 1.807) is 0 Å². The number of hydrogen-bond donors (Lipinski definition) is 3. The van der Waals surface area contributed by atoms with Gasteiger partial charge in [-0.3, -0.25) is 4.79 Å². The van der Waals surface area contributed by atoms with E-state index >= 15 is 0 Å². The zero-order chi connectivity index (χ0) is 12.4. The van der Waals surface area contributed by atoms with Gasteiger partial charge >= 0.3 is 0 Å². The van der Waals surface area contributed by atoms with Crippen LogP contribution in [-0.4, -0.2) is 38.1 Å². The summed E-state index contributed by atoms with van der Waals surface area (Å²) >= 11 is 0. The molecular weight excluding hydrogens is 216 g/mol. The summed E-state index contributed by atoms with van der Waals surface area (Å²) in [6.45, 7) is 4.98. The van der Waals surface area contributed by atoms with E-state index in [9.17, 15) is 13.6 Å². The monoisotopic (exact) mass is 237 g/mol. The lowest BCUT2D eigenvalue weighted by Crippen LogP contribution is -2.36. The zero-order valence-electron chi connectivity index (χ0n) is 9.85. The van der Waals surface area contributed by atoms with Crippen LogP contribution in [0.2, 0.25) is 0 Å².